The first-order chi connectivity index (χ1) is 15.0. The minimum absolute atomic E-state index is 0.0995. The molecule has 0 atom stereocenters. The summed E-state index contributed by atoms with van der Waals surface area (Å²) in [5, 5.41) is 3.50. The summed E-state index contributed by atoms with van der Waals surface area (Å²) >= 11 is 12.0. The van der Waals surface area contributed by atoms with Gasteiger partial charge in [0.25, 0.3) is 5.91 Å². The van der Waals surface area contributed by atoms with Gasteiger partial charge in [-0.1, -0.05) is 30.1 Å². The van der Waals surface area contributed by atoms with Crippen molar-refractivity contribution in [2.45, 2.75) is 50.5 Å². The van der Waals surface area contributed by atoms with E-state index < -0.39 is 27.4 Å². The summed E-state index contributed by atoms with van der Waals surface area (Å²) in [5.41, 5.74) is -0.389. The number of hydrogen-bond acceptors (Lipinski definition) is 4. The predicted octanol–water partition coefficient (Wildman–Crippen LogP) is 4.03. The Kier molecular flexibility index (Phi) is 8.08. The molecule has 1 aromatic carbocycles. The third-order valence-electron chi connectivity index (χ3n) is 6.43. The molecule has 1 saturated heterocycles. The molecule has 3 rings (SSSR count). The molecule has 1 amide bonds. The third kappa shape index (κ3) is 5.91. The highest BCUT2D eigenvalue weighted by Gasteiger charge is 2.47. The predicted molar refractivity (Wildman–Crippen MR) is 122 cm³/mol. The molecular formula is C21H29Cl2F2N3O3S. The van der Waals surface area contributed by atoms with Crippen LogP contribution in [-0.2, 0) is 10.0 Å². The Balaban J connectivity index is 1.72. The highest BCUT2D eigenvalue weighted by atomic mass is 35.5. The number of alkyl halides is 2. The van der Waals surface area contributed by atoms with Crippen LogP contribution in [0.3, 0.4) is 0 Å². The molecule has 32 heavy (non-hydrogen) atoms. The van der Waals surface area contributed by atoms with Gasteiger partial charge in [-0.3, -0.25) is 9.69 Å². The lowest BCUT2D eigenvalue weighted by Crippen LogP contribution is -2.63. The van der Waals surface area contributed by atoms with Crippen molar-refractivity contribution in [1.29, 1.82) is 0 Å². The molecule has 0 radical (unpaired) electrons. The first-order valence-corrected chi connectivity index (χ1v) is 13.2. The van der Waals surface area contributed by atoms with E-state index in [0.717, 1.165) is 0 Å². The first-order valence-electron chi connectivity index (χ1n) is 10.8. The minimum Gasteiger partial charge on any atom is -0.350 e. The summed E-state index contributed by atoms with van der Waals surface area (Å²) in [4.78, 5) is 14.8. The number of carbonyl (C=O) groups excluding carboxylic acids is 1. The van der Waals surface area contributed by atoms with E-state index in [2.05, 4.69) is 10.2 Å². The Morgan fingerprint density at radius 2 is 1.72 bits per heavy atom. The van der Waals surface area contributed by atoms with Gasteiger partial charge in [0.15, 0.2) is 0 Å². The summed E-state index contributed by atoms with van der Waals surface area (Å²) in [7, 11) is -3.30. The fourth-order valence-electron chi connectivity index (χ4n) is 4.53. The largest absolute Gasteiger partial charge is 0.350 e. The number of rotatable bonds is 7. The van der Waals surface area contributed by atoms with Crippen LogP contribution in [0.25, 0.3) is 0 Å². The molecule has 1 heterocycles. The van der Waals surface area contributed by atoms with Gasteiger partial charge in [0.2, 0.25) is 15.9 Å². The topological polar surface area (TPSA) is 69.7 Å². The molecule has 1 aliphatic carbocycles. The summed E-state index contributed by atoms with van der Waals surface area (Å²) in [6, 6.07) is 4.57. The van der Waals surface area contributed by atoms with Gasteiger partial charge in [-0.25, -0.2) is 17.2 Å². The molecule has 0 unspecified atom stereocenters. The van der Waals surface area contributed by atoms with E-state index in [9.17, 15) is 22.0 Å². The number of amides is 1. The molecule has 1 aliphatic heterocycles. The molecule has 1 N–H and O–H groups in total. The van der Waals surface area contributed by atoms with Gasteiger partial charge in [0.1, 0.15) is 0 Å². The van der Waals surface area contributed by atoms with E-state index in [0.29, 0.717) is 37.6 Å². The maximum absolute atomic E-state index is 13.9. The molecule has 180 valence electrons. The Labute approximate surface area is 198 Å². The number of nitrogens with one attached hydrogen (secondary N) is 1. The monoisotopic (exact) mass is 511 g/mol. The van der Waals surface area contributed by atoms with Crippen LogP contribution in [0.2, 0.25) is 10.0 Å². The van der Waals surface area contributed by atoms with Gasteiger partial charge in [0, 0.05) is 56.1 Å². The van der Waals surface area contributed by atoms with Crippen molar-refractivity contribution in [2.75, 3.05) is 38.5 Å². The van der Waals surface area contributed by atoms with Gasteiger partial charge in [-0.15, -0.1) is 0 Å². The molecule has 1 saturated carbocycles. The van der Waals surface area contributed by atoms with E-state index >= 15 is 0 Å². The fraction of sp³-hybridized carbons (Fsp3) is 0.667. The van der Waals surface area contributed by atoms with E-state index in [4.69, 9.17) is 23.2 Å². The van der Waals surface area contributed by atoms with Crippen LogP contribution < -0.4 is 5.32 Å². The average molecular weight is 512 g/mol. The second kappa shape index (κ2) is 10.1. The van der Waals surface area contributed by atoms with E-state index in [-0.39, 0.29) is 48.6 Å². The number of carbonyl (C=O) groups is 1. The van der Waals surface area contributed by atoms with Crippen molar-refractivity contribution >= 4 is 39.1 Å². The van der Waals surface area contributed by atoms with Crippen LogP contribution in [0, 0.1) is 0 Å². The van der Waals surface area contributed by atoms with Gasteiger partial charge in [-0.05, 0) is 37.5 Å². The quantitative estimate of drug-likeness (QED) is 0.599. The maximum atomic E-state index is 13.9. The maximum Gasteiger partial charge on any atom is 0.252 e. The van der Waals surface area contributed by atoms with Gasteiger partial charge >= 0.3 is 0 Å². The highest BCUT2D eigenvalue weighted by molar-refractivity contribution is 7.89. The van der Waals surface area contributed by atoms with Crippen molar-refractivity contribution in [3.8, 4) is 0 Å². The smallest absolute Gasteiger partial charge is 0.252 e. The van der Waals surface area contributed by atoms with E-state index in [1.807, 2.05) is 6.92 Å². The van der Waals surface area contributed by atoms with Crippen molar-refractivity contribution < 1.29 is 22.0 Å². The zero-order valence-corrected chi connectivity index (χ0v) is 20.4. The third-order valence-corrected chi connectivity index (χ3v) is 9.05. The lowest BCUT2D eigenvalue weighted by atomic mass is 9.78. The lowest BCUT2D eigenvalue weighted by Gasteiger charge is -2.50. The van der Waals surface area contributed by atoms with Crippen LogP contribution >= 0.6 is 23.2 Å². The molecule has 0 bridgehead atoms. The summed E-state index contributed by atoms with van der Waals surface area (Å²) in [6.45, 7) is 3.51. The Bertz CT molecular complexity index is 928. The molecule has 6 nitrogen and oxygen atoms in total. The van der Waals surface area contributed by atoms with Crippen LogP contribution in [0.1, 0.15) is 49.4 Å². The Morgan fingerprint density at radius 1 is 1.09 bits per heavy atom. The van der Waals surface area contributed by atoms with Gasteiger partial charge in [0.05, 0.1) is 16.3 Å². The second-order valence-corrected chi connectivity index (χ2v) is 11.5. The van der Waals surface area contributed by atoms with Crippen molar-refractivity contribution in [2.24, 2.45) is 0 Å². The molecule has 1 aromatic rings. The fourth-order valence-corrected chi connectivity index (χ4v) is 6.52. The lowest BCUT2D eigenvalue weighted by molar-refractivity contribution is -0.0856. The van der Waals surface area contributed by atoms with Crippen LogP contribution in [0.15, 0.2) is 18.2 Å². The van der Waals surface area contributed by atoms with Gasteiger partial charge in [-0.2, -0.15) is 4.31 Å². The normalized spacial score (nSPS) is 21.9. The number of halogens is 4. The number of sulfonamides is 1. The average Bonchev–Trinajstić information content (AvgIpc) is 2.73. The summed E-state index contributed by atoms with van der Waals surface area (Å²) < 4.78 is 54.2. The molecule has 0 spiro atoms. The van der Waals surface area contributed by atoms with E-state index in [1.165, 1.54) is 16.4 Å². The SMILES string of the molecule is CCCS(=O)(=O)N1CCN(C2(CNC(=O)c3ccc(Cl)cc3Cl)CCC(F)(F)CC2)CC1. The van der Waals surface area contributed by atoms with E-state index in [1.54, 1.807) is 6.07 Å². The Hall–Kier alpha value is -1.00. The second-order valence-electron chi connectivity index (χ2n) is 8.59. The number of piperazine rings is 1. The number of hydrogen-bond donors (Lipinski definition) is 1. The summed E-state index contributed by atoms with van der Waals surface area (Å²) in [6.07, 6.45) is 0.450. The van der Waals surface area contributed by atoms with Gasteiger partial charge < -0.3 is 5.32 Å². The van der Waals surface area contributed by atoms with Crippen LogP contribution in [0.5, 0.6) is 0 Å². The standard InChI is InChI=1S/C21H29Cl2F2N3O3S/c1-2-13-32(30,31)28-11-9-27(10-12-28)20(5-7-21(24,25)8-6-20)15-26-19(29)17-4-3-16(22)14-18(17)23/h3-4,14H,2,5-13,15H2,1H3,(H,26,29). The summed E-state index contributed by atoms with van der Waals surface area (Å²) in [5.74, 6) is -3.02. The van der Waals surface area contributed by atoms with Crippen LogP contribution in [0.4, 0.5) is 8.78 Å². The highest BCUT2D eigenvalue weighted by Crippen LogP contribution is 2.42. The minimum atomic E-state index is -3.30. The van der Waals surface area contributed by atoms with Crippen molar-refractivity contribution in [1.82, 2.24) is 14.5 Å². The molecule has 2 aliphatic rings. The molecule has 2 fully saturated rings. The number of benzene rings is 1. The molecule has 0 aromatic heterocycles. The number of nitrogens with zero attached hydrogens (tertiary/aromatic N) is 2. The van der Waals surface area contributed by atoms with Crippen molar-refractivity contribution in [3.05, 3.63) is 33.8 Å². The zero-order chi connectivity index (χ0) is 23.6. The first kappa shape index (κ1) is 25.6. The van der Waals surface area contributed by atoms with Crippen LogP contribution in [-0.4, -0.2) is 73.5 Å². The molecular weight excluding hydrogens is 483 g/mol. The Morgan fingerprint density at radius 3 is 2.28 bits per heavy atom. The van der Waals surface area contributed by atoms with Crippen molar-refractivity contribution in [3.63, 3.8) is 0 Å². The molecule has 11 heteroatoms. The zero-order valence-electron chi connectivity index (χ0n) is 18.0.